The van der Waals surface area contributed by atoms with Crippen LogP contribution in [0.4, 0.5) is 9.18 Å². The fraction of sp³-hybridized carbons (Fsp3) is 0.440. The highest BCUT2D eigenvalue weighted by molar-refractivity contribution is 9.10. The van der Waals surface area contributed by atoms with Gasteiger partial charge in [-0.3, -0.25) is 4.98 Å². The second kappa shape index (κ2) is 9.93. The summed E-state index contributed by atoms with van der Waals surface area (Å²) < 4.78 is 27.5. The molecule has 0 spiro atoms. The fourth-order valence-electron chi connectivity index (χ4n) is 4.24. The molecule has 3 aromatic rings. The monoisotopic (exact) mass is 546 g/mol. The van der Waals surface area contributed by atoms with Gasteiger partial charge in [0.15, 0.2) is 5.69 Å². The number of ether oxygens (including phenoxy) is 2. The molecule has 1 fully saturated rings. The summed E-state index contributed by atoms with van der Waals surface area (Å²) in [6, 6.07) is 6.42. The Balaban J connectivity index is 1.71. The van der Waals surface area contributed by atoms with Crippen molar-refractivity contribution in [3.05, 3.63) is 52.0 Å². The molecule has 35 heavy (non-hydrogen) atoms. The second-order valence-electron chi connectivity index (χ2n) is 9.42. The molecule has 186 valence electrons. The van der Waals surface area contributed by atoms with Gasteiger partial charge in [-0.05, 0) is 76.3 Å². The van der Waals surface area contributed by atoms with Crippen LogP contribution in [0.3, 0.4) is 0 Å². The molecule has 1 amide bonds. The Bertz CT molecular complexity index is 1260. The van der Waals surface area contributed by atoms with E-state index in [0.717, 1.165) is 5.56 Å². The number of benzene rings is 1. The van der Waals surface area contributed by atoms with E-state index in [-0.39, 0.29) is 30.0 Å². The predicted octanol–water partition coefficient (Wildman–Crippen LogP) is 5.61. The zero-order valence-electron chi connectivity index (χ0n) is 20.2. The summed E-state index contributed by atoms with van der Waals surface area (Å²) >= 11 is 3.26. The third kappa shape index (κ3) is 5.32. The molecule has 3 heterocycles. The first-order valence-corrected chi connectivity index (χ1v) is 12.4. The Morgan fingerprint density at radius 2 is 1.89 bits per heavy atom. The zero-order valence-corrected chi connectivity index (χ0v) is 21.8. The maximum Gasteiger partial charge on any atom is 0.410 e. The molecule has 0 saturated carbocycles. The number of carbonyl (C=O) groups excluding carboxylic acids is 2. The van der Waals surface area contributed by atoms with Crippen molar-refractivity contribution < 1.29 is 23.5 Å². The fourth-order valence-corrected chi connectivity index (χ4v) is 4.57. The highest BCUT2D eigenvalue weighted by Crippen LogP contribution is 2.34. The summed E-state index contributed by atoms with van der Waals surface area (Å²) in [6.07, 6.45) is 2.71. The number of fused-ring (bicyclic) bond motifs is 1. The van der Waals surface area contributed by atoms with E-state index in [2.05, 4.69) is 26.0 Å². The summed E-state index contributed by atoms with van der Waals surface area (Å²) in [5, 5.41) is 4.65. The predicted molar refractivity (Wildman–Crippen MR) is 132 cm³/mol. The first-order chi connectivity index (χ1) is 16.6. The molecule has 0 aliphatic carbocycles. The average Bonchev–Trinajstić information content (AvgIpc) is 3.17. The highest BCUT2D eigenvalue weighted by Gasteiger charge is 2.31. The number of rotatable bonds is 4. The van der Waals surface area contributed by atoms with Gasteiger partial charge in [-0.15, -0.1) is 0 Å². The number of pyridine rings is 1. The number of likely N-dealkylation sites (tertiary alicyclic amines) is 1. The lowest BCUT2D eigenvalue weighted by molar-refractivity contribution is 0.0204. The normalized spacial score (nSPS) is 14.9. The van der Waals surface area contributed by atoms with E-state index >= 15 is 0 Å². The van der Waals surface area contributed by atoms with Crippen LogP contribution in [-0.2, 0) is 9.47 Å². The first kappa shape index (κ1) is 25.1. The van der Waals surface area contributed by atoms with Gasteiger partial charge in [-0.25, -0.2) is 18.7 Å². The van der Waals surface area contributed by atoms with Gasteiger partial charge in [0.05, 0.1) is 6.61 Å². The van der Waals surface area contributed by atoms with Gasteiger partial charge in [0.2, 0.25) is 0 Å². The molecular weight excluding hydrogens is 519 g/mol. The lowest BCUT2D eigenvalue weighted by Gasteiger charge is -2.33. The molecule has 10 heteroatoms. The molecule has 2 aromatic heterocycles. The standard InChI is InChI=1S/C25H28BrFN4O4/c1-5-34-23(32)22-21-20(29-31(22)19-7-6-16(26)14-18(19)27)17(8-11-28-21)15-9-12-30(13-10-15)24(33)35-25(2,3)4/h6-8,11,14-15H,5,9-10,12-13H2,1-4H3. The smallest absolute Gasteiger partial charge is 0.410 e. The third-order valence-electron chi connectivity index (χ3n) is 5.78. The lowest BCUT2D eigenvalue weighted by atomic mass is 9.89. The molecule has 8 nitrogen and oxygen atoms in total. The Morgan fingerprint density at radius 3 is 2.51 bits per heavy atom. The van der Waals surface area contributed by atoms with Crippen LogP contribution < -0.4 is 0 Å². The maximum absolute atomic E-state index is 14.9. The minimum absolute atomic E-state index is 0.0797. The zero-order chi connectivity index (χ0) is 25.3. The number of hydrogen-bond donors (Lipinski definition) is 0. The van der Waals surface area contributed by atoms with Crippen molar-refractivity contribution in [3.63, 3.8) is 0 Å². The Labute approximate surface area is 211 Å². The van der Waals surface area contributed by atoms with E-state index < -0.39 is 17.4 Å². The molecule has 0 bridgehead atoms. The number of aromatic nitrogens is 3. The molecule has 4 rings (SSSR count). The molecule has 1 aromatic carbocycles. The molecule has 1 saturated heterocycles. The summed E-state index contributed by atoms with van der Waals surface area (Å²) in [5.41, 5.74) is 1.44. The number of halogens is 2. The van der Waals surface area contributed by atoms with Crippen molar-refractivity contribution in [2.75, 3.05) is 19.7 Å². The Morgan fingerprint density at radius 1 is 1.17 bits per heavy atom. The van der Waals surface area contributed by atoms with Crippen LogP contribution in [0.1, 0.15) is 62.5 Å². The third-order valence-corrected chi connectivity index (χ3v) is 6.28. The number of nitrogens with zero attached hydrogens (tertiary/aromatic N) is 4. The summed E-state index contributed by atoms with van der Waals surface area (Å²) in [5.74, 6) is -1.07. The molecular formula is C25H28BrFN4O4. The minimum Gasteiger partial charge on any atom is -0.461 e. The van der Waals surface area contributed by atoms with E-state index in [9.17, 15) is 14.0 Å². The molecule has 0 N–H and O–H groups in total. The average molecular weight is 547 g/mol. The molecule has 0 radical (unpaired) electrons. The first-order valence-electron chi connectivity index (χ1n) is 11.6. The maximum atomic E-state index is 14.9. The van der Waals surface area contributed by atoms with E-state index in [1.54, 1.807) is 30.2 Å². The summed E-state index contributed by atoms with van der Waals surface area (Å²) in [6.45, 7) is 8.48. The number of piperidine rings is 1. The highest BCUT2D eigenvalue weighted by atomic mass is 79.9. The van der Waals surface area contributed by atoms with Crippen LogP contribution in [-0.4, -0.2) is 57.0 Å². The van der Waals surface area contributed by atoms with Crippen molar-refractivity contribution in [2.24, 2.45) is 0 Å². The van der Waals surface area contributed by atoms with Crippen molar-refractivity contribution in [2.45, 2.75) is 52.1 Å². The van der Waals surface area contributed by atoms with Crippen LogP contribution in [0.15, 0.2) is 34.9 Å². The SMILES string of the molecule is CCOC(=O)c1c2nccc(C3CCN(C(=O)OC(C)(C)C)CC3)c2nn1-c1ccc(Br)cc1F. The summed E-state index contributed by atoms with van der Waals surface area (Å²) in [4.78, 5) is 31.5. The van der Waals surface area contributed by atoms with Crippen molar-refractivity contribution >= 4 is 39.0 Å². The van der Waals surface area contributed by atoms with Crippen LogP contribution in [0, 0.1) is 5.82 Å². The lowest BCUT2D eigenvalue weighted by Crippen LogP contribution is -2.41. The van der Waals surface area contributed by atoms with Crippen molar-refractivity contribution in [1.82, 2.24) is 19.7 Å². The van der Waals surface area contributed by atoms with Crippen molar-refractivity contribution in [3.8, 4) is 5.69 Å². The van der Waals surface area contributed by atoms with Gasteiger partial charge in [0.1, 0.15) is 28.1 Å². The minimum atomic E-state index is -0.623. The van der Waals surface area contributed by atoms with Gasteiger partial charge < -0.3 is 14.4 Å². The van der Waals surface area contributed by atoms with Gasteiger partial charge in [0.25, 0.3) is 0 Å². The number of carbonyl (C=O) groups is 2. The molecule has 1 aliphatic rings. The molecule has 1 aliphatic heterocycles. The van der Waals surface area contributed by atoms with Crippen LogP contribution >= 0.6 is 15.9 Å². The van der Waals surface area contributed by atoms with Gasteiger partial charge >= 0.3 is 12.1 Å². The number of amides is 1. The van der Waals surface area contributed by atoms with Gasteiger partial charge in [-0.1, -0.05) is 15.9 Å². The van der Waals surface area contributed by atoms with Gasteiger partial charge in [-0.2, -0.15) is 5.10 Å². The van der Waals surface area contributed by atoms with E-state index in [1.807, 2.05) is 26.8 Å². The Kier molecular flexibility index (Phi) is 7.12. The van der Waals surface area contributed by atoms with E-state index in [0.29, 0.717) is 41.4 Å². The van der Waals surface area contributed by atoms with Crippen LogP contribution in [0.5, 0.6) is 0 Å². The summed E-state index contributed by atoms with van der Waals surface area (Å²) in [7, 11) is 0. The van der Waals surface area contributed by atoms with Crippen LogP contribution in [0.25, 0.3) is 16.7 Å². The Hall–Kier alpha value is -3.01. The van der Waals surface area contributed by atoms with Crippen molar-refractivity contribution in [1.29, 1.82) is 0 Å². The molecule has 0 atom stereocenters. The number of hydrogen-bond acceptors (Lipinski definition) is 6. The topological polar surface area (TPSA) is 86.6 Å². The van der Waals surface area contributed by atoms with E-state index in [4.69, 9.17) is 9.47 Å². The quantitative estimate of drug-likeness (QED) is 0.395. The number of esters is 1. The molecule has 0 unspecified atom stereocenters. The van der Waals surface area contributed by atoms with E-state index in [1.165, 1.54) is 10.7 Å². The largest absolute Gasteiger partial charge is 0.461 e. The second-order valence-corrected chi connectivity index (χ2v) is 10.3. The van der Waals surface area contributed by atoms with Crippen LogP contribution in [0.2, 0.25) is 0 Å². The van der Waals surface area contributed by atoms with Gasteiger partial charge in [0, 0.05) is 23.8 Å².